The zero-order valence-electron chi connectivity index (χ0n) is 16.2. The van der Waals surface area contributed by atoms with Crippen molar-refractivity contribution in [1.29, 1.82) is 0 Å². The smallest absolute Gasteiger partial charge is 0.357 e. The van der Waals surface area contributed by atoms with Crippen LogP contribution in [0.3, 0.4) is 0 Å². The summed E-state index contributed by atoms with van der Waals surface area (Å²) in [6, 6.07) is 5.71. The largest absolute Gasteiger partial charge is 0.458 e. The summed E-state index contributed by atoms with van der Waals surface area (Å²) in [5.41, 5.74) is 2.98. The average molecular weight is 455 g/mol. The Hall–Kier alpha value is -3.00. The number of aromatic nitrogens is 4. The van der Waals surface area contributed by atoms with Gasteiger partial charge in [0.1, 0.15) is 10.4 Å². The van der Waals surface area contributed by atoms with E-state index in [0.29, 0.717) is 28.3 Å². The Kier molecular flexibility index (Phi) is 5.19. The molecule has 0 saturated heterocycles. The molecule has 4 rings (SSSR count). The van der Waals surface area contributed by atoms with E-state index >= 15 is 0 Å². The second-order valence-electron chi connectivity index (χ2n) is 6.79. The van der Waals surface area contributed by atoms with E-state index in [9.17, 15) is 4.79 Å². The van der Waals surface area contributed by atoms with E-state index in [4.69, 9.17) is 9.47 Å². The quantitative estimate of drug-likeness (QED) is 0.417. The van der Waals surface area contributed by atoms with Crippen LogP contribution in [0.1, 0.15) is 36.8 Å². The highest BCUT2D eigenvalue weighted by molar-refractivity contribution is 9.10. The lowest BCUT2D eigenvalue weighted by Gasteiger charge is -2.11. The first-order valence-electron chi connectivity index (χ1n) is 9.26. The number of fused-ring (bicyclic) bond motifs is 3. The Morgan fingerprint density at radius 3 is 2.66 bits per heavy atom. The van der Waals surface area contributed by atoms with E-state index in [1.54, 1.807) is 18.6 Å². The van der Waals surface area contributed by atoms with Crippen LogP contribution in [0.2, 0.25) is 0 Å². The summed E-state index contributed by atoms with van der Waals surface area (Å²) >= 11 is 3.26. The minimum Gasteiger partial charge on any atom is -0.458 e. The monoisotopic (exact) mass is 454 g/mol. The highest BCUT2D eigenvalue weighted by Crippen LogP contribution is 2.33. The van der Waals surface area contributed by atoms with Gasteiger partial charge in [-0.25, -0.2) is 19.7 Å². The zero-order chi connectivity index (χ0) is 20.5. The fraction of sp³-hybridized carbons (Fsp3) is 0.238. The van der Waals surface area contributed by atoms with Crippen molar-refractivity contribution in [3.05, 3.63) is 52.7 Å². The third-order valence-electron chi connectivity index (χ3n) is 4.42. The average Bonchev–Trinajstić information content (AvgIpc) is 3.06. The highest BCUT2D eigenvalue weighted by atomic mass is 79.9. The van der Waals surface area contributed by atoms with Crippen molar-refractivity contribution in [3.63, 3.8) is 0 Å². The molecule has 0 aliphatic rings. The Balaban J connectivity index is 1.82. The fourth-order valence-corrected chi connectivity index (χ4v) is 3.47. The molecule has 148 valence electrons. The number of hydrogen-bond acceptors (Lipinski definition) is 6. The van der Waals surface area contributed by atoms with Gasteiger partial charge in [0, 0.05) is 16.3 Å². The summed E-state index contributed by atoms with van der Waals surface area (Å²) in [4.78, 5) is 28.6. The topological polar surface area (TPSA) is 90.0 Å². The van der Waals surface area contributed by atoms with Gasteiger partial charge in [-0.1, -0.05) is 6.92 Å². The third-order valence-corrected chi connectivity index (χ3v) is 4.83. The number of nitrogens with one attached hydrogen (secondary N) is 1. The van der Waals surface area contributed by atoms with E-state index in [1.807, 2.05) is 39.0 Å². The molecular formula is C21H19BrN4O3. The number of aromatic amines is 1. The third kappa shape index (κ3) is 3.80. The van der Waals surface area contributed by atoms with Crippen LogP contribution in [0.15, 0.2) is 41.4 Å². The molecular weight excluding hydrogens is 436 g/mol. The predicted molar refractivity (Wildman–Crippen MR) is 113 cm³/mol. The van der Waals surface area contributed by atoms with Gasteiger partial charge >= 0.3 is 5.97 Å². The number of H-pyrrole nitrogens is 1. The number of benzene rings is 1. The number of aryl methyl sites for hydroxylation is 1. The SMILES string of the molecule is CCc1c(C(=O)OC(C)C)ncc2[nH]c3ccc(Oc4cnc(Br)cn4)cc3c12. The number of hydrogen-bond donors (Lipinski definition) is 1. The number of carbonyl (C=O) groups excluding carboxylic acids is 1. The van der Waals surface area contributed by atoms with Crippen LogP contribution < -0.4 is 4.74 Å². The fourth-order valence-electron chi connectivity index (χ4n) is 3.27. The zero-order valence-corrected chi connectivity index (χ0v) is 17.8. The molecule has 8 heteroatoms. The molecule has 29 heavy (non-hydrogen) atoms. The second-order valence-corrected chi connectivity index (χ2v) is 7.61. The van der Waals surface area contributed by atoms with Crippen LogP contribution >= 0.6 is 15.9 Å². The molecule has 0 spiro atoms. The molecule has 0 unspecified atom stereocenters. The predicted octanol–water partition coefficient (Wildman–Crippen LogP) is 5.19. The number of halogens is 1. The number of pyridine rings is 1. The summed E-state index contributed by atoms with van der Waals surface area (Å²) in [5.74, 6) is 0.608. The number of nitrogens with zero attached hydrogens (tertiary/aromatic N) is 3. The first kappa shape index (κ1) is 19.3. The molecule has 4 aromatic rings. The molecule has 7 nitrogen and oxygen atoms in total. The van der Waals surface area contributed by atoms with Gasteiger partial charge in [-0.15, -0.1) is 0 Å². The molecule has 0 atom stereocenters. The Bertz CT molecular complexity index is 1200. The molecule has 3 aromatic heterocycles. The van der Waals surface area contributed by atoms with Crippen molar-refractivity contribution >= 4 is 43.7 Å². The van der Waals surface area contributed by atoms with Gasteiger partial charge in [0.05, 0.1) is 30.2 Å². The summed E-state index contributed by atoms with van der Waals surface area (Å²) in [7, 11) is 0. The van der Waals surface area contributed by atoms with E-state index in [-0.39, 0.29) is 6.10 Å². The van der Waals surface area contributed by atoms with Crippen LogP contribution in [-0.2, 0) is 11.2 Å². The van der Waals surface area contributed by atoms with Crippen molar-refractivity contribution in [2.75, 3.05) is 0 Å². The van der Waals surface area contributed by atoms with Crippen molar-refractivity contribution in [1.82, 2.24) is 19.9 Å². The lowest BCUT2D eigenvalue weighted by Crippen LogP contribution is -2.15. The van der Waals surface area contributed by atoms with Crippen molar-refractivity contribution in [2.24, 2.45) is 0 Å². The summed E-state index contributed by atoms with van der Waals surface area (Å²) in [6.07, 6.45) is 5.23. The summed E-state index contributed by atoms with van der Waals surface area (Å²) < 4.78 is 11.9. The Morgan fingerprint density at radius 2 is 1.97 bits per heavy atom. The van der Waals surface area contributed by atoms with Gasteiger partial charge in [-0.3, -0.25) is 0 Å². The van der Waals surface area contributed by atoms with Crippen LogP contribution in [-0.4, -0.2) is 32.0 Å². The van der Waals surface area contributed by atoms with E-state index in [0.717, 1.165) is 27.4 Å². The first-order chi connectivity index (χ1) is 14.0. The van der Waals surface area contributed by atoms with Gasteiger partial charge in [-0.2, -0.15) is 0 Å². The number of carbonyl (C=O) groups is 1. The van der Waals surface area contributed by atoms with Gasteiger partial charge in [-0.05, 0) is 60.0 Å². The van der Waals surface area contributed by atoms with Crippen molar-refractivity contribution < 1.29 is 14.3 Å². The van der Waals surface area contributed by atoms with Crippen LogP contribution in [0.25, 0.3) is 21.8 Å². The lowest BCUT2D eigenvalue weighted by molar-refractivity contribution is 0.0370. The molecule has 1 aromatic carbocycles. The normalized spacial score (nSPS) is 11.3. The van der Waals surface area contributed by atoms with Crippen molar-refractivity contribution in [3.8, 4) is 11.6 Å². The maximum atomic E-state index is 12.5. The standard InChI is InChI=1S/C21H19BrN4O3/c1-4-13-19-14-7-12(29-18-10-23-17(22)9-24-18)5-6-15(14)26-16(19)8-25-20(13)21(27)28-11(2)3/h5-11,26H,4H2,1-3H3. The molecule has 0 aliphatic heterocycles. The van der Waals surface area contributed by atoms with Crippen molar-refractivity contribution in [2.45, 2.75) is 33.3 Å². The number of ether oxygens (including phenoxy) is 2. The van der Waals surface area contributed by atoms with Gasteiger partial charge < -0.3 is 14.5 Å². The van der Waals surface area contributed by atoms with Crippen LogP contribution in [0.4, 0.5) is 0 Å². The minimum absolute atomic E-state index is 0.209. The molecule has 0 saturated carbocycles. The molecule has 0 bridgehead atoms. The lowest BCUT2D eigenvalue weighted by atomic mass is 10.0. The summed E-state index contributed by atoms with van der Waals surface area (Å²) in [5, 5.41) is 1.89. The van der Waals surface area contributed by atoms with Gasteiger partial charge in [0.15, 0.2) is 5.69 Å². The van der Waals surface area contributed by atoms with Crippen LogP contribution in [0.5, 0.6) is 11.6 Å². The van der Waals surface area contributed by atoms with Gasteiger partial charge in [0.2, 0.25) is 5.88 Å². The highest BCUT2D eigenvalue weighted by Gasteiger charge is 2.20. The van der Waals surface area contributed by atoms with Gasteiger partial charge in [0.25, 0.3) is 0 Å². The first-order valence-corrected chi connectivity index (χ1v) is 10.0. The maximum absolute atomic E-state index is 12.5. The van der Waals surface area contributed by atoms with Crippen LogP contribution in [0, 0.1) is 0 Å². The molecule has 0 amide bonds. The van der Waals surface area contributed by atoms with E-state index in [1.165, 1.54) is 0 Å². The van der Waals surface area contributed by atoms with E-state index in [2.05, 4.69) is 35.9 Å². The molecule has 0 radical (unpaired) electrons. The summed E-state index contributed by atoms with van der Waals surface area (Å²) in [6.45, 7) is 5.64. The number of rotatable bonds is 5. The Morgan fingerprint density at radius 1 is 1.14 bits per heavy atom. The minimum atomic E-state index is -0.411. The van der Waals surface area contributed by atoms with E-state index < -0.39 is 5.97 Å². The molecule has 0 fully saturated rings. The molecule has 0 aliphatic carbocycles. The Labute approximate surface area is 175 Å². The molecule has 3 heterocycles. The molecule has 1 N–H and O–H groups in total. The second kappa shape index (κ2) is 7.79. The maximum Gasteiger partial charge on any atom is 0.357 e. The number of esters is 1.